The molecule has 0 aliphatic heterocycles. The smallest absolute Gasteiger partial charge is 0.318 e. The van der Waals surface area contributed by atoms with Crippen LogP contribution in [0, 0.1) is 0 Å². The molecule has 0 spiro atoms. The van der Waals surface area contributed by atoms with Crippen LogP contribution < -0.4 is 5.32 Å². The number of fused-ring (bicyclic) bond motifs is 1. The van der Waals surface area contributed by atoms with Crippen LogP contribution in [0.25, 0.3) is 0 Å². The van der Waals surface area contributed by atoms with E-state index >= 15 is 0 Å². The van der Waals surface area contributed by atoms with Crippen LogP contribution >= 0.6 is 11.6 Å². The fourth-order valence-corrected chi connectivity index (χ4v) is 3.47. The highest BCUT2D eigenvalue weighted by atomic mass is 35.5. The van der Waals surface area contributed by atoms with Crippen molar-refractivity contribution in [3.05, 3.63) is 52.3 Å². The van der Waals surface area contributed by atoms with Crippen molar-refractivity contribution in [3.8, 4) is 0 Å². The molecule has 2 aromatic rings. The molecule has 24 heavy (non-hydrogen) atoms. The Morgan fingerprint density at radius 1 is 1.50 bits per heavy atom. The topological polar surface area (TPSA) is 50.2 Å². The van der Waals surface area contributed by atoms with E-state index in [-0.39, 0.29) is 18.1 Å². The highest BCUT2D eigenvalue weighted by molar-refractivity contribution is 6.30. The zero-order valence-electron chi connectivity index (χ0n) is 14.3. The molecule has 1 aliphatic carbocycles. The number of halogens is 1. The standard InChI is InChI=1S/C18H23ClN4O/c1-12(13-6-4-7-14(19)10-13)22(2)18(24)21-16-8-5-9-17-15(16)11-20-23(17)3/h4,6-7,10-12,16H,5,8-9H2,1-3H3,(H,21,24)/t12-,16+/m1/s1. The summed E-state index contributed by atoms with van der Waals surface area (Å²) in [4.78, 5) is 14.4. The SMILES string of the molecule is C[C@H](c1cccc(Cl)c1)N(C)C(=O)N[C@H]1CCCc2c1cnn2C. The van der Waals surface area contributed by atoms with Gasteiger partial charge in [-0.25, -0.2) is 4.79 Å². The van der Waals surface area contributed by atoms with Crippen molar-refractivity contribution in [3.63, 3.8) is 0 Å². The largest absolute Gasteiger partial charge is 0.331 e. The molecule has 6 heteroatoms. The van der Waals surface area contributed by atoms with Gasteiger partial charge in [0.15, 0.2) is 0 Å². The van der Waals surface area contributed by atoms with Gasteiger partial charge in [-0.15, -0.1) is 0 Å². The molecule has 5 nitrogen and oxygen atoms in total. The molecule has 1 aromatic carbocycles. The molecule has 2 amide bonds. The summed E-state index contributed by atoms with van der Waals surface area (Å²) in [5, 5.41) is 8.17. The van der Waals surface area contributed by atoms with Crippen molar-refractivity contribution < 1.29 is 4.79 Å². The number of hydrogen-bond donors (Lipinski definition) is 1. The van der Waals surface area contributed by atoms with Crippen molar-refractivity contribution in [2.24, 2.45) is 7.05 Å². The Labute approximate surface area is 147 Å². The molecular formula is C18H23ClN4O. The van der Waals surface area contributed by atoms with Crippen molar-refractivity contribution in [2.45, 2.75) is 38.3 Å². The summed E-state index contributed by atoms with van der Waals surface area (Å²) in [5.41, 5.74) is 3.38. The molecule has 0 saturated carbocycles. The lowest BCUT2D eigenvalue weighted by molar-refractivity contribution is 0.189. The second kappa shape index (κ2) is 6.85. The third-order valence-electron chi connectivity index (χ3n) is 4.91. The number of aryl methyl sites for hydroxylation is 1. The Bertz CT molecular complexity index is 742. The number of nitrogens with one attached hydrogen (secondary N) is 1. The molecule has 2 atom stereocenters. The van der Waals surface area contributed by atoms with Gasteiger partial charge in [0, 0.05) is 30.4 Å². The summed E-state index contributed by atoms with van der Waals surface area (Å²) < 4.78 is 1.91. The van der Waals surface area contributed by atoms with Crippen molar-refractivity contribution in [2.75, 3.05) is 7.05 Å². The lowest BCUT2D eigenvalue weighted by Gasteiger charge is -2.30. The molecule has 0 bridgehead atoms. The number of aromatic nitrogens is 2. The number of nitrogens with zero attached hydrogens (tertiary/aromatic N) is 3. The summed E-state index contributed by atoms with van der Waals surface area (Å²) in [6, 6.07) is 7.52. The van der Waals surface area contributed by atoms with Crippen LogP contribution in [0.1, 0.15) is 48.7 Å². The lowest BCUT2D eigenvalue weighted by atomic mass is 9.93. The molecule has 1 heterocycles. The first-order valence-electron chi connectivity index (χ1n) is 8.27. The maximum atomic E-state index is 12.7. The van der Waals surface area contributed by atoms with Crippen LogP contribution in [-0.2, 0) is 13.5 Å². The molecule has 0 fully saturated rings. The highest BCUT2D eigenvalue weighted by Gasteiger charge is 2.27. The van der Waals surface area contributed by atoms with Gasteiger partial charge in [-0.05, 0) is 43.9 Å². The summed E-state index contributed by atoms with van der Waals surface area (Å²) >= 11 is 6.06. The Morgan fingerprint density at radius 2 is 2.29 bits per heavy atom. The second-order valence-corrected chi connectivity index (χ2v) is 6.84. The number of carbonyl (C=O) groups excluding carboxylic acids is 1. The van der Waals surface area contributed by atoms with Gasteiger partial charge in [0.25, 0.3) is 0 Å². The molecule has 0 saturated heterocycles. The third-order valence-corrected chi connectivity index (χ3v) is 5.14. The van der Waals surface area contributed by atoms with E-state index in [1.54, 1.807) is 4.90 Å². The van der Waals surface area contributed by atoms with Crippen molar-refractivity contribution in [1.82, 2.24) is 20.0 Å². The Balaban J connectivity index is 1.71. The van der Waals surface area contributed by atoms with Gasteiger partial charge in [0.1, 0.15) is 0 Å². The van der Waals surface area contributed by atoms with Gasteiger partial charge in [0.2, 0.25) is 0 Å². The number of urea groups is 1. The normalized spacial score (nSPS) is 17.9. The summed E-state index contributed by atoms with van der Waals surface area (Å²) in [7, 11) is 3.77. The first-order chi connectivity index (χ1) is 11.5. The average Bonchev–Trinajstić information content (AvgIpc) is 2.96. The van der Waals surface area contributed by atoms with Gasteiger partial charge < -0.3 is 10.2 Å². The summed E-state index contributed by atoms with van der Waals surface area (Å²) in [6.45, 7) is 2.00. The van der Waals surface area contributed by atoms with Gasteiger partial charge >= 0.3 is 6.03 Å². The Hall–Kier alpha value is -2.01. The second-order valence-electron chi connectivity index (χ2n) is 6.41. The maximum absolute atomic E-state index is 12.7. The molecule has 0 unspecified atom stereocenters. The summed E-state index contributed by atoms with van der Waals surface area (Å²) in [5.74, 6) is 0. The predicted octanol–water partition coefficient (Wildman–Crippen LogP) is 3.85. The van der Waals surface area contributed by atoms with Gasteiger partial charge in [-0.2, -0.15) is 5.10 Å². The molecule has 1 N–H and O–H groups in total. The van der Waals surface area contributed by atoms with Crippen molar-refractivity contribution >= 4 is 17.6 Å². The molecule has 1 aromatic heterocycles. The summed E-state index contributed by atoms with van der Waals surface area (Å²) in [6.07, 6.45) is 4.90. The van der Waals surface area contributed by atoms with E-state index in [9.17, 15) is 4.79 Å². The predicted molar refractivity (Wildman–Crippen MR) is 95.0 cm³/mol. The Kier molecular flexibility index (Phi) is 4.81. The van der Waals surface area contributed by atoms with Gasteiger partial charge in [-0.1, -0.05) is 23.7 Å². The van der Waals surface area contributed by atoms with E-state index in [1.807, 2.05) is 56.2 Å². The zero-order valence-corrected chi connectivity index (χ0v) is 15.0. The average molecular weight is 347 g/mol. The Morgan fingerprint density at radius 3 is 3.04 bits per heavy atom. The number of benzene rings is 1. The zero-order chi connectivity index (χ0) is 17.3. The van der Waals surface area contributed by atoms with Gasteiger partial charge in [-0.3, -0.25) is 4.68 Å². The van der Waals surface area contributed by atoms with E-state index in [1.165, 1.54) is 5.69 Å². The minimum absolute atomic E-state index is 0.0314. The quantitative estimate of drug-likeness (QED) is 0.917. The highest BCUT2D eigenvalue weighted by Crippen LogP contribution is 2.30. The molecular weight excluding hydrogens is 324 g/mol. The fraction of sp³-hybridized carbons (Fsp3) is 0.444. The number of rotatable bonds is 3. The van der Waals surface area contributed by atoms with Crippen LogP contribution in [0.15, 0.2) is 30.5 Å². The first-order valence-corrected chi connectivity index (χ1v) is 8.64. The number of amides is 2. The minimum Gasteiger partial charge on any atom is -0.331 e. The van der Waals surface area contributed by atoms with Gasteiger partial charge in [0.05, 0.1) is 18.3 Å². The van der Waals surface area contributed by atoms with Crippen LogP contribution in [0.2, 0.25) is 5.02 Å². The van der Waals surface area contributed by atoms with Crippen LogP contribution in [0.3, 0.4) is 0 Å². The number of carbonyl (C=O) groups is 1. The third kappa shape index (κ3) is 3.26. The molecule has 1 aliphatic rings. The molecule has 128 valence electrons. The van der Waals surface area contributed by atoms with E-state index in [4.69, 9.17) is 11.6 Å². The monoisotopic (exact) mass is 346 g/mol. The van der Waals surface area contributed by atoms with Crippen LogP contribution in [-0.4, -0.2) is 27.8 Å². The molecule has 3 rings (SSSR count). The number of hydrogen-bond acceptors (Lipinski definition) is 2. The van der Waals surface area contributed by atoms with E-state index < -0.39 is 0 Å². The van der Waals surface area contributed by atoms with E-state index in [0.29, 0.717) is 5.02 Å². The molecule has 0 radical (unpaired) electrons. The first kappa shape index (κ1) is 16.8. The van der Waals surface area contributed by atoms with E-state index in [0.717, 1.165) is 30.4 Å². The fourth-order valence-electron chi connectivity index (χ4n) is 3.27. The van der Waals surface area contributed by atoms with E-state index in [2.05, 4.69) is 10.4 Å². The lowest BCUT2D eigenvalue weighted by Crippen LogP contribution is -2.41. The minimum atomic E-state index is -0.0795. The van der Waals surface area contributed by atoms with Crippen LogP contribution in [0.5, 0.6) is 0 Å². The van der Waals surface area contributed by atoms with Crippen LogP contribution in [0.4, 0.5) is 4.79 Å². The maximum Gasteiger partial charge on any atom is 0.318 e. The van der Waals surface area contributed by atoms with Crippen molar-refractivity contribution in [1.29, 1.82) is 0 Å².